The molecular weight excluding hydrogens is 322 g/mol. The van der Waals surface area contributed by atoms with E-state index in [0.29, 0.717) is 5.56 Å². The van der Waals surface area contributed by atoms with E-state index in [1.165, 1.54) is 0 Å². The zero-order valence-electron chi connectivity index (χ0n) is 14.1. The largest absolute Gasteiger partial charge is 0.496 e. The molecule has 0 bridgehead atoms. The smallest absolute Gasteiger partial charge is 0.253 e. The van der Waals surface area contributed by atoms with Crippen molar-refractivity contribution in [3.05, 3.63) is 42.0 Å². The highest BCUT2D eigenvalue weighted by molar-refractivity contribution is 7.98. The van der Waals surface area contributed by atoms with Crippen molar-refractivity contribution in [3.63, 3.8) is 0 Å². The number of ether oxygens (including phenoxy) is 1. The van der Waals surface area contributed by atoms with E-state index in [4.69, 9.17) is 4.74 Å². The van der Waals surface area contributed by atoms with E-state index < -0.39 is 0 Å². The van der Waals surface area contributed by atoms with Crippen molar-refractivity contribution < 1.29 is 9.53 Å². The van der Waals surface area contributed by atoms with Crippen molar-refractivity contribution >= 4 is 28.7 Å². The zero-order valence-corrected chi connectivity index (χ0v) is 14.9. The highest BCUT2D eigenvalue weighted by Gasteiger charge is 2.14. The lowest BCUT2D eigenvalue weighted by Crippen LogP contribution is -2.21. The van der Waals surface area contributed by atoms with Crippen LogP contribution in [0, 0.1) is 0 Å². The van der Waals surface area contributed by atoms with Gasteiger partial charge >= 0.3 is 0 Å². The Kier molecular flexibility index (Phi) is 4.49. The number of aromatic nitrogens is 2. The number of hydrogen-bond donors (Lipinski definition) is 1. The lowest BCUT2D eigenvalue weighted by molar-refractivity contribution is 0.0828. The predicted octanol–water partition coefficient (Wildman–Crippen LogP) is 3.66. The number of nitrogens with zero attached hydrogens (tertiary/aromatic N) is 2. The summed E-state index contributed by atoms with van der Waals surface area (Å²) in [6.07, 6.45) is 2.03. The number of methoxy groups -OCH3 is 1. The van der Waals surface area contributed by atoms with Gasteiger partial charge in [-0.3, -0.25) is 4.79 Å². The topological polar surface area (TPSA) is 58.2 Å². The molecule has 0 unspecified atom stereocenters. The zero-order chi connectivity index (χ0) is 17.3. The molecule has 0 saturated carbocycles. The Labute approximate surface area is 145 Å². The second kappa shape index (κ2) is 6.57. The molecular formula is C18H19N3O2S. The van der Waals surface area contributed by atoms with E-state index >= 15 is 0 Å². The van der Waals surface area contributed by atoms with Crippen LogP contribution in [0.1, 0.15) is 10.4 Å². The van der Waals surface area contributed by atoms with Gasteiger partial charge in [0.2, 0.25) is 0 Å². The number of hydrogen-bond acceptors (Lipinski definition) is 4. The third kappa shape index (κ3) is 2.97. The number of carbonyl (C=O) groups is 1. The number of rotatable bonds is 4. The van der Waals surface area contributed by atoms with Crippen LogP contribution < -0.4 is 4.74 Å². The molecule has 0 aliphatic carbocycles. The fourth-order valence-electron chi connectivity index (χ4n) is 2.52. The van der Waals surface area contributed by atoms with Crippen molar-refractivity contribution in [2.24, 2.45) is 0 Å². The standard InChI is InChI=1S/C18H19N3O2S/c1-21(2)18(22)11-5-8-14-15(9-11)20-17(19-14)13-7-6-12(24-4)10-16(13)23-3/h5-10H,1-4H3,(H,19,20). The molecule has 0 radical (unpaired) electrons. The molecule has 1 N–H and O–H groups in total. The third-order valence-corrected chi connectivity index (χ3v) is 4.53. The van der Waals surface area contributed by atoms with E-state index in [9.17, 15) is 4.79 Å². The molecule has 124 valence electrons. The number of H-pyrrole nitrogens is 1. The molecule has 0 saturated heterocycles. The molecule has 3 aromatic rings. The summed E-state index contributed by atoms with van der Waals surface area (Å²) in [5.74, 6) is 1.46. The maximum atomic E-state index is 12.1. The Morgan fingerprint density at radius 3 is 2.67 bits per heavy atom. The van der Waals surface area contributed by atoms with E-state index in [1.54, 1.807) is 50.0 Å². The van der Waals surface area contributed by atoms with E-state index in [1.807, 2.05) is 30.5 Å². The highest BCUT2D eigenvalue weighted by Crippen LogP contribution is 2.32. The fraction of sp³-hybridized carbons (Fsp3) is 0.222. The van der Waals surface area contributed by atoms with Crippen LogP contribution in [-0.4, -0.2) is 48.2 Å². The molecule has 1 heterocycles. The summed E-state index contributed by atoms with van der Waals surface area (Å²) in [5, 5.41) is 0. The molecule has 0 atom stereocenters. The van der Waals surface area contributed by atoms with Gasteiger partial charge in [0.1, 0.15) is 11.6 Å². The lowest BCUT2D eigenvalue weighted by atomic mass is 10.2. The predicted molar refractivity (Wildman–Crippen MR) is 97.9 cm³/mol. The quantitative estimate of drug-likeness (QED) is 0.736. The number of aromatic amines is 1. The summed E-state index contributed by atoms with van der Waals surface area (Å²) in [6, 6.07) is 11.5. The molecule has 5 nitrogen and oxygen atoms in total. The lowest BCUT2D eigenvalue weighted by Gasteiger charge is -2.09. The van der Waals surface area contributed by atoms with Crippen LogP contribution in [0.3, 0.4) is 0 Å². The van der Waals surface area contributed by atoms with Crippen LogP contribution in [-0.2, 0) is 0 Å². The Morgan fingerprint density at radius 2 is 2.00 bits per heavy atom. The van der Waals surface area contributed by atoms with Crippen molar-refractivity contribution in [3.8, 4) is 17.1 Å². The summed E-state index contributed by atoms with van der Waals surface area (Å²) < 4.78 is 5.50. The van der Waals surface area contributed by atoms with Gasteiger partial charge in [-0.1, -0.05) is 0 Å². The number of thioether (sulfide) groups is 1. The van der Waals surface area contributed by atoms with Gasteiger partial charge < -0.3 is 14.6 Å². The van der Waals surface area contributed by atoms with Crippen molar-refractivity contribution in [1.82, 2.24) is 14.9 Å². The number of imidazole rings is 1. The van der Waals surface area contributed by atoms with Crippen molar-refractivity contribution in [2.45, 2.75) is 4.90 Å². The van der Waals surface area contributed by atoms with E-state index in [-0.39, 0.29) is 5.91 Å². The molecule has 2 aromatic carbocycles. The third-order valence-electron chi connectivity index (χ3n) is 3.80. The summed E-state index contributed by atoms with van der Waals surface area (Å²) >= 11 is 1.66. The first-order chi connectivity index (χ1) is 11.5. The number of carbonyl (C=O) groups excluding carboxylic acids is 1. The van der Waals surface area contributed by atoms with Gasteiger partial charge in [-0.2, -0.15) is 0 Å². The minimum atomic E-state index is -0.0386. The minimum Gasteiger partial charge on any atom is -0.496 e. The van der Waals surface area contributed by atoms with Gasteiger partial charge in [-0.05, 0) is 42.7 Å². The molecule has 6 heteroatoms. The Balaban J connectivity index is 2.07. The summed E-state index contributed by atoms with van der Waals surface area (Å²) in [4.78, 5) is 22.7. The van der Waals surface area contributed by atoms with Crippen LogP contribution in [0.4, 0.5) is 0 Å². The maximum Gasteiger partial charge on any atom is 0.253 e. The average Bonchev–Trinajstić information content (AvgIpc) is 3.03. The van der Waals surface area contributed by atoms with Crippen LogP contribution in [0.25, 0.3) is 22.4 Å². The Bertz CT molecular complexity index is 902. The molecule has 0 aliphatic heterocycles. The van der Waals surface area contributed by atoms with Crippen molar-refractivity contribution in [1.29, 1.82) is 0 Å². The van der Waals surface area contributed by atoms with Gasteiger partial charge in [-0.25, -0.2) is 4.98 Å². The van der Waals surface area contributed by atoms with Crippen LogP contribution in [0.2, 0.25) is 0 Å². The van der Waals surface area contributed by atoms with E-state index in [2.05, 4.69) is 9.97 Å². The number of nitrogens with one attached hydrogen (secondary N) is 1. The average molecular weight is 341 g/mol. The first kappa shape index (κ1) is 16.4. The highest BCUT2D eigenvalue weighted by atomic mass is 32.2. The van der Waals surface area contributed by atoms with Gasteiger partial charge in [0.05, 0.1) is 23.7 Å². The first-order valence-electron chi connectivity index (χ1n) is 7.47. The molecule has 24 heavy (non-hydrogen) atoms. The summed E-state index contributed by atoms with van der Waals surface area (Å²) in [7, 11) is 5.13. The van der Waals surface area contributed by atoms with Gasteiger partial charge in [0.15, 0.2) is 0 Å². The van der Waals surface area contributed by atoms with E-state index in [0.717, 1.165) is 33.1 Å². The number of amides is 1. The number of fused-ring (bicyclic) bond motifs is 1. The Hall–Kier alpha value is -2.47. The summed E-state index contributed by atoms with van der Waals surface area (Å²) in [6.45, 7) is 0. The van der Waals surface area contributed by atoms with Gasteiger partial charge in [-0.15, -0.1) is 11.8 Å². The molecule has 0 fully saturated rings. The summed E-state index contributed by atoms with van der Waals surface area (Å²) in [5.41, 5.74) is 3.16. The fourth-order valence-corrected chi connectivity index (χ4v) is 2.95. The monoisotopic (exact) mass is 341 g/mol. The second-order valence-corrected chi connectivity index (χ2v) is 6.46. The second-order valence-electron chi connectivity index (χ2n) is 5.58. The van der Waals surface area contributed by atoms with Crippen LogP contribution in [0.5, 0.6) is 5.75 Å². The Morgan fingerprint density at radius 1 is 1.21 bits per heavy atom. The maximum absolute atomic E-state index is 12.1. The van der Waals surface area contributed by atoms with Crippen LogP contribution in [0.15, 0.2) is 41.3 Å². The molecule has 0 aliphatic rings. The molecule has 0 spiro atoms. The normalized spacial score (nSPS) is 10.8. The number of benzene rings is 2. The van der Waals surface area contributed by atoms with Crippen molar-refractivity contribution in [2.75, 3.05) is 27.5 Å². The minimum absolute atomic E-state index is 0.0386. The van der Waals surface area contributed by atoms with Gasteiger partial charge in [0.25, 0.3) is 5.91 Å². The molecule has 1 aromatic heterocycles. The molecule has 1 amide bonds. The van der Waals surface area contributed by atoms with Gasteiger partial charge in [0, 0.05) is 24.6 Å². The first-order valence-corrected chi connectivity index (χ1v) is 8.69. The SMILES string of the molecule is COc1cc(SC)ccc1-c1nc2cc(C(=O)N(C)C)ccc2[nH]1. The molecule has 3 rings (SSSR count). The van der Waals surface area contributed by atoms with Crippen LogP contribution >= 0.6 is 11.8 Å².